The van der Waals surface area contributed by atoms with Crippen LogP contribution in [0.3, 0.4) is 0 Å². The van der Waals surface area contributed by atoms with Gasteiger partial charge in [-0.05, 0) is 31.5 Å². The fraction of sp³-hybridized carbons (Fsp3) is 0.450. The van der Waals surface area contributed by atoms with Crippen molar-refractivity contribution in [3.05, 3.63) is 23.8 Å². The lowest BCUT2D eigenvalue weighted by Crippen LogP contribution is -2.51. The molecule has 0 aromatic heterocycles. The molecule has 1 aromatic carbocycles. The van der Waals surface area contributed by atoms with E-state index in [9.17, 15) is 24.0 Å². The molecule has 2 amide bonds. The molecule has 1 fully saturated rings. The first-order valence-electron chi connectivity index (χ1n) is 9.25. The number of hydrogen-bond acceptors (Lipinski definition) is 9. The van der Waals surface area contributed by atoms with Gasteiger partial charge in [0.1, 0.15) is 5.54 Å². The van der Waals surface area contributed by atoms with Crippen molar-refractivity contribution in [2.24, 2.45) is 5.73 Å². The first kappa shape index (κ1) is 23.0. The highest BCUT2D eigenvalue weighted by atomic mass is 16.6. The quantitative estimate of drug-likeness (QED) is 0.385. The van der Waals surface area contributed by atoms with Gasteiger partial charge in [0, 0.05) is 33.1 Å². The largest absolute Gasteiger partial charge is 0.440 e. The van der Waals surface area contributed by atoms with Gasteiger partial charge in [0.15, 0.2) is 17.7 Å². The molecule has 1 unspecified atom stereocenters. The normalized spacial score (nSPS) is 16.6. The van der Waals surface area contributed by atoms with Crippen molar-refractivity contribution in [2.45, 2.75) is 58.7 Å². The lowest BCUT2D eigenvalue weighted by atomic mass is 9.94. The van der Waals surface area contributed by atoms with E-state index >= 15 is 0 Å². The van der Waals surface area contributed by atoms with Crippen molar-refractivity contribution in [3.63, 3.8) is 0 Å². The van der Waals surface area contributed by atoms with Crippen LogP contribution in [-0.4, -0.2) is 46.4 Å². The smallest absolute Gasteiger partial charge is 0.328 e. The molecule has 2 N–H and O–H groups in total. The predicted octanol–water partition coefficient (Wildman–Crippen LogP) is 0.835. The van der Waals surface area contributed by atoms with E-state index in [0.29, 0.717) is 5.56 Å². The summed E-state index contributed by atoms with van der Waals surface area (Å²) in [6, 6.07) is 4.40. The Hall–Kier alpha value is -3.27. The number of nitrogens with two attached hydrogens (primary N) is 1. The summed E-state index contributed by atoms with van der Waals surface area (Å²) < 4.78 is 15.3. The molecule has 162 valence electrons. The van der Waals surface area contributed by atoms with Crippen LogP contribution >= 0.6 is 0 Å². The zero-order chi connectivity index (χ0) is 22.6. The molecule has 1 heterocycles. The summed E-state index contributed by atoms with van der Waals surface area (Å²) in [5, 5.41) is 0. The van der Waals surface area contributed by atoms with Crippen molar-refractivity contribution >= 4 is 29.7 Å². The lowest BCUT2D eigenvalue weighted by Gasteiger charge is -2.28. The Morgan fingerprint density at radius 3 is 2.13 bits per heavy atom. The zero-order valence-corrected chi connectivity index (χ0v) is 17.2. The number of nitrogens with zero attached hydrogens (tertiary/aromatic N) is 1. The molecule has 1 aliphatic rings. The summed E-state index contributed by atoms with van der Waals surface area (Å²) in [4.78, 5) is 59.6. The Morgan fingerprint density at radius 2 is 1.60 bits per heavy atom. The summed E-state index contributed by atoms with van der Waals surface area (Å²) in [6.45, 7) is 5.25. The second kappa shape index (κ2) is 9.04. The highest BCUT2D eigenvalue weighted by molar-refractivity contribution is 6.02. The summed E-state index contributed by atoms with van der Waals surface area (Å²) in [5.41, 5.74) is 5.11. The molecule has 1 aliphatic heterocycles. The second-order valence-electron chi connectivity index (χ2n) is 7.22. The van der Waals surface area contributed by atoms with Crippen LogP contribution in [0.5, 0.6) is 11.5 Å². The van der Waals surface area contributed by atoms with Gasteiger partial charge in [0.2, 0.25) is 11.8 Å². The molecule has 0 saturated carbocycles. The Kier molecular flexibility index (Phi) is 6.93. The van der Waals surface area contributed by atoms with Crippen LogP contribution in [0.4, 0.5) is 0 Å². The third kappa shape index (κ3) is 5.63. The van der Waals surface area contributed by atoms with Crippen molar-refractivity contribution in [3.8, 4) is 11.5 Å². The van der Waals surface area contributed by atoms with Gasteiger partial charge in [-0.1, -0.05) is 6.07 Å². The van der Waals surface area contributed by atoms with Gasteiger partial charge in [0.05, 0.1) is 0 Å². The topological polar surface area (TPSA) is 142 Å². The van der Waals surface area contributed by atoms with Gasteiger partial charge in [0.25, 0.3) is 0 Å². The molecule has 0 aliphatic carbocycles. The zero-order valence-electron chi connectivity index (χ0n) is 17.2. The number of rotatable bonds is 7. The van der Waals surface area contributed by atoms with Gasteiger partial charge >= 0.3 is 17.9 Å². The highest BCUT2D eigenvalue weighted by Crippen LogP contribution is 2.30. The highest BCUT2D eigenvalue weighted by Gasteiger charge is 2.38. The maximum Gasteiger partial charge on any atom is 0.328 e. The van der Waals surface area contributed by atoms with Crippen LogP contribution in [0.1, 0.15) is 46.1 Å². The standard InChI is InChI=1S/C20H24N2O8/c1-11(22-17(25)7-8-18(22)26)28-19(27)20(4,21)10-14-5-6-15(29-12(2)23)16(9-14)30-13(3)24/h5-6,9,11H,7-8,10,21H2,1-4H3/t11?,20-/m0/s1. The third-order valence-corrected chi connectivity index (χ3v) is 4.28. The number of carbonyl (C=O) groups excluding carboxylic acids is 5. The van der Waals surface area contributed by atoms with Crippen molar-refractivity contribution in [1.82, 2.24) is 4.90 Å². The predicted molar refractivity (Wildman–Crippen MR) is 102 cm³/mol. The first-order valence-corrected chi connectivity index (χ1v) is 9.25. The van der Waals surface area contributed by atoms with Crippen LogP contribution in [0.25, 0.3) is 0 Å². The van der Waals surface area contributed by atoms with Gasteiger partial charge in [-0.3, -0.25) is 19.2 Å². The van der Waals surface area contributed by atoms with Crippen LogP contribution < -0.4 is 15.2 Å². The molecule has 0 bridgehead atoms. The van der Waals surface area contributed by atoms with Crippen LogP contribution in [0, 0.1) is 0 Å². The molecule has 10 nitrogen and oxygen atoms in total. The lowest BCUT2D eigenvalue weighted by molar-refractivity contribution is -0.169. The maximum absolute atomic E-state index is 12.6. The van der Waals surface area contributed by atoms with Crippen LogP contribution in [0.15, 0.2) is 18.2 Å². The molecular weight excluding hydrogens is 396 g/mol. The fourth-order valence-corrected chi connectivity index (χ4v) is 2.97. The number of carbonyl (C=O) groups is 5. The van der Waals surface area contributed by atoms with E-state index in [-0.39, 0.29) is 30.8 Å². The maximum atomic E-state index is 12.6. The Balaban J connectivity index is 2.15. The average molecular weight is 420 g/mol. The number of ether oxygens (including phenoxy) is 3. The minimum absolute atomic E-state index is 0.000922. The van der Waals surface area contributed by atoms with E-state index in [2.05, 4.69) is 0 Å². The van der Waals surface area contributed by atoms with Crippen molar-refractivity contribution in [2.75, 3.05) is 0 Å². The second-order valence-corrected chi connectivity index (χ2v) is 7.22. The molecule has 10 heteroatoms. The first-order chi connectivity index (χ1) is 13.9. The monoisotopic (exact) mass is 420 g/mol. The SMILES string of the molecule is CC(=O)Oc1ccc(C[C@](C)(N)C(=O)OC(C)N2C(=O)CCC2=O)cc1OC(C)=O. The van der Waals surface area contributed by atoms with Crippen LogP contribution in [0.2, 0.25) is 0 Å². The Morgan fingerprint density at radius 1 is 1.07 bits per heavy atom. The van der Waals surface area contributed by atoms with Crippen LogP contribution in [-0.2, 0) is 35.1 Å². The van der Waals surface area contributed by atoms with Crippen molar-refractivity contribution < 1.29 is 38.2 Å². The summed E-state index contributed by atoms with van der Waals surface area (Å²) in [7, 11) is 0. The number of imide groups is 1. The number of benzene rings is 1. The Bertz CT molecular complexity index is 877. The molecule has 1 aromatic rings. The molecule has 2 rings (SSSR count). The van der Waals surface area contributed by atoms with E-state index in [4.69, 9.17) is 19.9 Å². The molecule has 30 heavy (non-hydrogen) atoms. The van der Waals surface area contributed by atoms with Gasteiger partial charge in [-0.2, -0.15) is 0 Å². The average Bonchev–Trinajstić information content (AvgIpc) is 2.94. The molecular formula is C20H24N2O8. The number of amides is 2. The van der Waals surface area contributed by atoms with Gasteiger partial charge < -0.3 is 19.9 Å². The molecule has 0 spiro atoms. The van der Waals surface area contributed by atoms with E-state index in [1.54, 1.807) is 6.07 Å². The van der Waals surface area contributed by atoms with Crippen molar-refractivity contribution in [1.29, 1.82) is 0 Å². The number of esters is 3. The summed E-state index contributed by atoms with van der Waals surface area (Å²) in [5.74, 6) is -2.81. The van der Waals surface area contributed by atoms with Gasteiger partial charge in [-0.15, -0.1) is 0 Å². The molecule has 0 radical (unpaired) electrons. The van der Waals surface area contributed by atoms with E-state index in [1.807, 2.05) is 0 Å². The third-order valence-electron chi connectivity index (χ3n) is 4.28. The minimum atomic E-state index is -1.52. The number of likely N-dealkylation sites (tertiary alicyclic amines) is 1. The van der Waals surface area contributed by atoms with Gasteiger partial charge in [-0.25, -0.2) is 9.69 Å². The molecule has 2 atom stereocenters. The summed E-state index contributed by atoms with van der Waals surface area (Å²) >= 11 is 0. The molecule has 1 saturated heterocycles. The van der Waals surface area contributed by atoms with E-state index < -0.39 is 41.5 Å². The Labute approximate surface area is 173 Å². The van der Waals surface area contributed by atoms with E-state index in [1.165, 1.54) is 39.8 Å². The number of hydrogen-bond donors (Lipinski definition) is 1. The fourth-order valence-electron chi connectivity index (χ4n) is 2.97. The minimum Gasteiger partial charge on any atom is -0.440 e. The van der Waals surface area contributed by atoms with E-state index in [0.717, 1.165) is 4.90 Å². The summed E-state index contributed by atoms with van der Waals surface area (Å²) in [6.07, 6.45) is -0.942.